The van der Waals surface area contributed by atoms with Crippen LogP contribution in [-0.4, -0.2) is 26.7 Å². The molecule has 0 fully saturated rings. The van der Waals surface area contributed by atoms with Crippen LogP contribution in [0.1, 0.15) is 35.4 Å². The van der Waals surface area contributed by atoms with Crippen LogP contribution in [0.25, 0.3) is 0 Å². The van der Waals surface area contributed by atoms with Gasteiger partial charge in [-0.1, -0.05) is 36.4 Å². The Morgan fingerprint density at radius 3 is 2.56 bits per heavy atom. The summed E-state index contributed by atoms with van der Waals surface area (Å²) in [5.41, 5.74) is 6.50. The summed E-state index contributed by atoms with van der Waals surface area (Å²) in [6.45, 7) is 1.72. The van der Waals surface area contributed by atoms with Gasteiger partial charge in [0.25, 0.3) is 5.91 Å². The van der Waals surface area contributed by atoms with Gasteiger partial charge >= 0.3 is 0 Å². The number of aliphatic hydroxyl groups excluding tert-OH is 1. The number of benzene rings is 2. The third-order valence-electron chi connectivity index (χ3n) is 4.45. The van der Waals surface area contributed by atoms with Crippen molar-refractivity contribution >= 4 is 5.91 Å². The van der Waals surface area contributed by atoms with Crippen LogP contribution in [0.3, 0.4) is 0 Å². The molecule has 0 bridgehead atoms. The van der Waals surface area contributed by atoms with E-state index in [0.717, 1.165) is 17.1 Å². The lowest BCUT2D eigenvalue weighted by Gasteiger charge is -2.22. The van der Waals surface area contributed by atoms with Gasteiger partial charge in [0, 0.05) is 6.20 Å². The molecule has 0 radical (unpaired) electrons. The van der Waals surface area contributed by atoms with Crippen LogP contribution in [-0.2, 0) is 6.42 Å². The van der Waals surface area contributed by atoms with E-state index in [2.05, 4.69) is 4.98 Å². The van der Waals surface area contributed by atoms with Crippen molar-refractivity contribution in [2.45, 2.75) is 31.9 Å². The molecule has 0 unspecified atom stereocenters. The maximum atomic E-state index is 11.3. The van der Waals surface area contributed by atoms with Crippen LogP contribution in [0, 0.1) is 0 Å². The molecule has 0 saturated heterocycles. The highest BCUT2D eigenvalue weighted by atomic mass is 16.5. The lowest BCUT2D eigenvalue weighted by atomic mass is 10.0. The number of nitrogens with two attached hydrogens (primary N) is 1. The number of aryl methyl sites for hydroxylation is 1. The van der Waals surface area contributed by atoms with Crippen molar-refractivity contribution in [2.24, 2.45) is 5.73 Å². The number of ether oxygens (including phenoxy) is 1. The summed E-state index contributed by atoms with van der Waals surface area (Å²) in [4.78, 5) is 15.3. The lowest BCUT2D eigenvalue weighted by molar-refractivity contribution is 0.0994. The summed E-state index contributed by atoms with van der Waals surface area (Å²) in [6.07, 6.45) is 3.85. The third kappa shape index (κ3) is 4.74. The molecule has 2 aromatic carbocycles. The predicted octanol–water partition coefficient (Wildman–Crippen LogP) is 3.33. The van der Waals surface area contributed by atoms with Gasteiger partial charge in [-0.15, -0.1) is 0 Å². The SMILES string of the molecule is C[C@H](O)[C@@H](CCc1ccccc1Oc1ccccc1)n1cnc(C(N)=O)c1. The number of aromatic nitrogens is 2. The molecule has 3 rings (SSSR count). The Balaban J connectivity index is 1.75. The Hall–Kier alpha value is -3.12. The van der Waals surface area contributed by atoms with Gasteiger partial charge < -0.3 is 20.1 Å². The van der Waals surface area contributed by atoms with E-state index in [1.165, 1.54) is 6.33 Å². The van der Waals surface area contributed by atoms with Crippen LogP contribution >= 0.6 is 0 Å². The average Bonchev–Trinajstić information content (AvgIpc) is 3.14. The zero-order chi connectivity index (χ0) is 19.2. The number of hydrogen-bond acceptors (Lipinski definition) is 4. The minimum absolute atomic E-state index is 0.188. The molecule has 0 spiro atoms. The van der Waals surface area contributed by atoms with E-state index in [4.69, 9.17) is 10.5 Å². The van der Waals surface area contributed by atoms with Crippen LogP contribution in [0.5, 0.6) is 11.5 Å². The second kappa shape index (κ2) is 8.51. The van der Waals surface area contributed by atoms with Gasteiger partial charge in [0.2, 0.25) is 0 Å². The maximum absolute atomic E-state index is 11.3. The number of para-hydroxylation sites is 2. The van der Waals surface area contributed by atoms with Crippen molar-refractivity contribution in [3.8, 4) is 11.5 Å². The van der Waals surface area contributed by atoms with Crippen LogP contribution in [0.2, 0.25) is 0 Å². The van der Waals surface area contributed by atoms with Gasteiger partial charge in [-0.25, -0.2) is 4.98 Å². The average molecular weight is 365 g/mol. The highest BCUT2D eigenvalue weighted by molar-refractivity contribution is 5.90. The smallest absolute Gasteiger partial charge is 0.268 e. The normalized spacial score (nSPS) is 13.1. The van der Waals surface area contributed by atoms with E-state index >= 15 is 0 Å². The van der Waals surface area contributed by atoms with E-state index in [1.807, 2.05) is 54.6 Å². The largest absolute Gasteiger partial charge is 0.457 e. The molecule has 1 heterocycles. The van der Waals surface area contributed by atoms with Crippen LogP contribution in [0.15, 0.2) is 67.1 Å². The second-order valence-electron chi connectivity index (χ2n) is 6.44. The highest BCUT2D eigenvalue weighted by Crippen LogP contribution is 2.28. The summed E-state index contributed by atoms with van der Waals surface area (Å²) in [5, 5.41) is 10.2. The third-order valence-corrected chi connectivity index (χ3v) is 4.45. The molecule has 3 aromatic rings. The van der Waals surface area contributed by atoms with Crippen LogP contribution < -0.4 is 10.5 Å². The van der Waals surface area contributed by atoms with Gasteiger partial charge in [0.15, 0.2) is 0 Å². The van der Waals surface area contributed by atoms with Gasteiger partial charge in [-0.3, -0.25) is 4.79 Å². The highest BCUT2D eigenvalue weighted by Gasteiger charge is 2.19. The zero-order valence-corrected chi connectivity index (χ0v) is 15.2. The first kappa shape index (κ1) is 18.7. The number of carbonyl (C=O) groups is 1. The molecular formula is C21H23N3O3. The molecular weight excluding hydrogens is 342 g/mol. The number of rotatable bonds is 8. The van der Waals surface area contributed by atoms with Crippen molar-refractivity contribution in [1.29, 1.82) is 0 Å². The molecule has 0 saturated carbocycles. The van der Waals surface area contributed by atoms with Crippen molar-refractivity contribution < 1.29 is 14.6 Å². The minimum Gasteiger partial charge on any atom is -0.457 e. The van der Waals surface area contributed by atoms with Crippen molar-refractivity contribution in [3.05, 3.63) is 78.4 Å². The number of carbonyl (C=O) groups excluding carboxylic acids is 1. The molecule has 140 valence electrons. The molecule has 27 heavy (non-hydrogen) atoms. The monoisotopic (exact) mass is 365 g/mol. The minimum atomic E-state index is -0.609. The summed E-state index contributed by atoms with van der Waals surface area (Å²) in [7, 11) is 0. The Morgan fingerprint density at radius 2 is 1.89 bits per heavy atom. The Kier molecular flexibility index (Phi) is 5.88. The molecule has 3 N–H and O–H groups in total. The summed E-state index contributed by atoms with van der Waals surface area (Å²) < 4.78 is 7.74. The number of nitrogens with zero attached hydrogens (tertiary/aromatic N) is 2. The standard InChI is InChI=1S/C21H23N3O3/c1-15(25)19(24-13-18(21(22)26)23-14-24)12-11-16-7-5-6-10-20(16)27-17-8-3-2-4-9-17/h2-10,13-15,19,25H,11-12H2,1H3,(H2,22,26)/t15-,19+/m0/s1. The molecule has 0 aliphatic heterocycles. The number of aliphatic hydroxyl groups is 1. The fourth-order valence-electron chi connectivity index (χ4n) is 3.01. The first-order valence-corrected chi connectivity index (χ1v) is 8.86. The van der Waals surface area contributed by atoms with Gasteiger partial charge in [-0.2, -0.15) is 0 Å². The molecule has 2 atom stereocenters. The topological polar surface area (TPSA) is 90.4 Å². The van der Waals surface area contributed by atoms with E-state index in [-0.39, 0.29) is 11.7 Å². The molecule has 6 heteroatoms. The number of primary amides is 1. The van der Waals surface area contributed by atoms with Gasteiger partial charge in [0.05, 0.1) is 18.5 Å². The lowest BCUT2D eigenvalue weighted by Crippen LogP contribution is -2.21. The molecule has 0 aliphatic rings. The predicted molar refractivity (Wildman–Crippen MR) is 103 cm³/mol. The van der Waals surface area contributed by atoms with E-state index in [1.54, 1.807) is 17.7 Å². The van der Waals surface area contributed by atoms with Gasteiger partial charge in [-0.05, 0) is 43.5 Å². The van der Waals surface area contributed by atoms with E-state index in [0.29, 0.717) is 12.8 Å². The summed E-state index contributed by atoms with van der Waals surface area (Å²) in [5.74, 6) is 0.980. The molecule has 0 aliphatic carbocycles. The second-order valence-corrected chi connectivity index (χ2v) is 6.44. The number of hydrogen-bond donors (Lipinski definition) is 2. The van der Waals surface area contributed by atoms with Crippen molar-refractivity contribution in [2.75, 3.05) is 0 Å². The molecule has 1 aromatic heterocycles. The Labute approximate surface area is 158 Å². The fourth-order valence-corrected chi connectivity index (χ4v) is 3.01. The Morgan fingerprint density at radius 1 is 1.19 bits per heavy atom. The first-order chi connectivity index (χ1) is 13.0. The number of imidazole rings is 1. The maximum Gasteiger partial charge on any atom is 0.268 e. The van der Waals surface area contributed by atoms with Crippen molar-refractivity contribution in [3.63, 3.8) is 0 Å². The quantitative estimate of drug-likeness (QED) is 0.641. The summed E-state index contributed by atoms with van der Waals surface area (Å²) >= 11 is 0. The zero-order valence-electron chi connectivity index (χ0n) is 15.2. The fraction of sp³-hybridized carbons (Fsp3) is 0.238. The number of amides is 1. The molecule has 1 amide bonds. The van der Waals surface area contributed by atoms with Gasteiger partial charge in [0.1, 0.15) is 17.2 Å². The Bertz CT molecular complexity index is 890. The van der Waals surface area contributed by atoms with E-state index < -0.39 is 12.0 Å². The van der Waals surface area contributed by atoms with Crippen molar-refractivity contribution in [1.82, 2.24) is 9.55 Å². The van der Waals surface area contributed by atoms with E-state index in [9.17, 15) is 9.90 Å². The van der Waals surface area contributed by atoms with Crippen LogP contribution in [0.4, 0.5) is 0 Å². The summed E-state index contributed by atoms with van der Waals surface area (Å²) in [6, 6.07) is 17.2. The molecule has 6 nitrogen and oxygen atoms in total. The first-order valence-electron chi connectivity index (χ1n) is 8.86.